The first-order valence-corrected chi connectivity index (χ1v) is 6.73. The summed E-state index contributed by atoms with van der Waals surface area (Å²) in [6.45, 7) is 8.37. The third kappa shape index (κ3) is 6.50. The summed E-state index contributed by atoms with van der Waals surface area (Å²) in [6.07, 6.45) is 2.37. The van der Waals surface area contributed by atoms with E-state index >= 15 is 0 Å². The van der Waals surface area contributed by atoms with Crippen molar-refractivity contribution in [1.82, 2.24) is 10.3 Å². The van der Waals surface area contributed by atoms with E-state index in [1.54, 1.807) is 0 Å². The number of aromatic nitrogens is 1. The quantitative estimate of drug-likeness (QED) is 0.700. The van der Waals surface area contributed by atoms with Gasteiger partial charge in [-0.05, 0) is 32.9 Å². The largest absolute Gasteiger partial charge is 0.475 e. The molecule has 0 amide bonds. The number of nitrogens with one attached hydrogen (secondary N) is 1. The molecule has 0 radical (unpaired) electrons. The molecule has 19 heavy (non-hydrogen) atoms. The van der Waals surface area contributed by atoms with Crippen molar-refractivity contribution >= 4 is 0 Å². The molecule has 0 unspecified atom stereocenters. The number of ether oxygens (including phenoxy) is 2. The molecule has 1 rings (SSSR count). The molecule has 0 aliphatic heterocycles. The lowest BCUT2D eigenvalue weighted by Gasteiger charge is -2.12. The summed E-state index contributed by atoms with van der Waals surface area (Å²) in [6, 6.07) is 1.45. The molecule has 0 aliphatic carbocycles. The highest BCUT2D eigenvalue weighted by atomic mass is 19.1. The Morgan fingerprint density at radius 3 is 2.84 bits per heavy atom. The van der Waals surface area contributed by atoms with Gasteiger partial charge in [-0.15, -0.1) is 0 Å². The van der Waals surface area contributed by atoms with Crippen molar-refractivity contribution in [3.05, 3.63) is 23.6 Å². The Labute approximate surface area is 114 Å². The van der Waals surface area contributed by atoms with Crippen molar-refractivity contribution in [2.75, 3.05) is 19.8 Å². The summed E-state index contributed by atoms with van der Waals surface area (Å²) in [4.78, 5) is 3.98. The molecule has 0 spiro atoms. The normalized spacial score (nSPS) is 11.0. The highest BCUT2D eigenvalue weighted by Gasteiger charge is 2.07. The van der Waals surface area contributed by atoms with Gasteiger partial charge in [-0.2, -0.15) is 0 Å². The molecule has 0 bridgehead atoms. The lowest BCUT2D eigenvalue weighted by Crippen LogP contribution is -2.17. The van der Waals surface area contributed by atoms with Crippen LogP contribution in [0.5, 0.6) is 5.88 Å². The smallest absolute Gasteiger partial charge is 0.218 e. The van der Waals surface area contributed by atoms with Crippen LogP contribution in [0.3, 0.4) is 0 Å². The molecule has 4 nitrogen and oxygen atoms in total. The maximum absolute atomic E-state index is 13.2. The molecule has 1 N–H and O–H groups in total. The van der Waals surface area contributed by atoms with E-state index in [2.05, 4.69) is 17.2 Å². The van der Waals surface area contributed by atoms with Gasteiger partial charge >= 0.3 is 0 Å². The third-order valence-electron chi connectivity index (χ3n) is 2.41. The van der Waals surface area contributed by atoms with Gasteiger partial charge in [-0.25, -0.2) is 9.37 Å². The molecule has 0 aliphatic rings. The van der Waals surface area contributed by atoms with Crippen molar-refractivity contribution < 1.29 is 13.9 Å². The fourth-order valence-electron chi connectivity index (χ4n) is 1.55. The van der Waals surface area contributed by atoms with Gasteiger partial charge in [0.2, 0.25) is 5.88 Å². The van der Waals surface area contributed by atoms with E-state index in [1.165, 1.54) is 12.3 Å². The molecular weight excluding hydrogens is 247 g/mol. The Bertz CT molecular complexity index is 372. The van der Waals surface area contributed by atoms with Crippen LogP contribution < -0.4 is 10.1 Å². The third-order valence-corrected chi connectivity index (χ3v) is 2.41. The standard InChI is InChI=1S/C14H23FN2O2/c1-4-5-16-9-12-8-13(15)10-17-14(12)19-7-6-18-11(2)3/h8,10-11,16H,4-7,9H2,1-3H3. The average molecular weight is 270 g/mol. The first-order valence-electron chi connectivity index (χ1n) is 6.73. The predicted octanol–water partition coefficient (Wildman–Crippen LogP) is 2.52. The second-order valence-corrected chi connectivity index (χ2v) is 4.56. The van der Waals surface area contributed by atoms with Crippen LogP contribution in [-0.2, 0) is 11.3 Å². The number of rotatable bonds is 9. The lowest BCUT2D eigenvalue weighted by atomic mass is 10.2. The van der Waals surface area contributed by atoms with E-state index < -0.39 is 0 Å². The van der Waals surface area contributed by atoms with Crippen LogP contribution in [0.4, 0.5) is 4.39 Å². The fraction of sp³-hybridized carbons (Fsp3) is 0.643. The molecule has 1 aromatic rings. The van der Waals surface area contributed by atoms with Gasteiger partial charge in [0.25, 0.3) is 0 Å². The van der Waals surface area contributed by atoms with Crippen molar-refractivity contribution in [2.45, 2.75) is 39.8 Å². The summed E-state index contributed by atoms with van der Waals surface area (Å²) in [5.74, 6) is 0.122. The summed E-state index contributed by atoms with van der Waals surface area (Å²) in [5, 5.41) is 3.21. The molecule has 5 heteroatoms. The van der Waals surface area contributed by atoms with Gasteiger partial charge in [0.15, 0.2) is 0 Å². The first-order chi connectivity index (χ1) is 9.13. The minimum atomic E-state index is -0.348. The minimum absolute atomic E-state index is 0.176. The van der Waals surface area contributed by atoms with Crippen LogP contribution in [-0.4, -0.2) is 30.8 Å². The Morgan fingerprint density at radius 2 is 2.16 bits per heavy atom. The SMILES string of the molecule is CCCNCc1cc(F)cnc1OCCOC(C)C. The molecule has 0 saturated heterocycles. The van der Waals surface area contributed by atoms with Gasteiger partial charge in [0.05, 0.1) is 18.9 Å². The number of hydrogen-bond donors (Lipinski definition) is 1. The molecule has 1 heterocycles. The minimum Gasteiger partial charge on any atom is -0.475 e. The zero-order chi connectivity index (χ0) is 14.1. The maximum atomic E-state index is 13.2. The van der Waals surface area contributed by atoms with Crippen LogP contribution in [0.2, 0.25) is 0 Å². The number of nitrogens with zero attached hydrogens (tertiary/aromatic N) is 1. The Hall–Kier alpha value is -1.20. The predicted molar refractivity (Wildman–Crippen MR) is 72.8 cm³/mol. The van der Waals surface area contributed by atoms with Gasteiger partial charge < -0.3 is 14.8 Å². The zero-order valence-electron chi connectivity index (χ0n) is 11.9. The van der Waals surface area contributed by atoms with E-state index in [-0.39, 0.29) is 11.9 Å². The number of pyridine rings is 1. The van der Waals surface area contributed by atoms with Crippen LogP contribution in [0, 0.1) is 5.82 Å². The summed E-state index contributed by atoms with van der Waals surface area (Å²) in [7, 11) is 0. The second kappa shape index (κ2) is 8.82. The maximum Gasteiger partial charge on any atom is 0.218 e. The average Bonchev–Trinajstić information content (AvgIpc) is 2.36. The Kier molecular flexibility index (Phi) is 7.36. The van der Waals surface area contributed by atoms with E-state index in [4.69, 9.17) is 9.47 Å². The van der Waals surface area contributed by atoms with Crippen molar-refractivity contribution in [1.29, 1.82) is 0 Å². The molecule has 108 valence electrons. The Morgan fingerprint density at radius 1 is 1.37 bits per heavy atom. The van der Waals surface area contributed by atoms with E-state index in [0.717, 1.165) is 18.5 Å². The summed E-state index contributed by atoms with van der Waals surface area (Å²) in [5.41, 5.74) is 0.734. The highest BCUT2D eigenvalue weighted by molar-refractivity contribution is 5.26. The number of hydrogen-bond acceptors (Lipinski definition) is 4. The van der Waals surface area contributed by atoms with Crippen molar-refractivity contribution in [3.8, 4) is 5.88 Å². The molecule has 1 aromatic heterocycles. The summed E-state index contributed by atoms with van der Waals surface area (Å²) < 4.78 is 24.1. The van der Waals surface area contributed by atoms with Crippen molar-refractivity contribution in [2.24, 2.45) is 0 Å². The van der Waals surface area contributed by atoms with E-state index in [9.17, 15) is 4.39 Å². The van der Waals surface area contributed by atoms with Crippen LogP contribution in [0.15, 0.2) is 12.3 Å². The van der Waals surface area contributed by atoms with Crippen molar-refractivity contribution in [3.63, 3.8) is 0 Å². The molecule has 0 saturated carbocycles. The lowest BCUT2D eigenvalue weighted by molar-refractivity contribution is 0.0539. The Balaban J connectivity index is 2.50. The van der Waals surface area contributed by atoms with Gasteiger partial charge in [0, 0.05) is 12.1 Å². The molecular formula is C14H23FN2O2. The fourth-order valence-corrected chi connectivity index (χ4v) is 1.55. The van der Waals surface area contributed by atoms with E-state index in [1.807, 2.05) is 13.8 Å². The second-order valence-electron chi connectivity index (χ2n) is 4.56. The zero-order valence-corrected chi connectivity index (χ0v) is 11.9. The van der Waals surface area contributed by atoms with Crippen LogP contribution in [0.25, 0.3) is 0 Å². The topological polar surface area (TPSA) is 43.4 Å². The van der Waals surface area contributed by atoms with Gasteiger partial charge in [0.1, 0.15) is 12.4 Å². The molecule has 0 aromatic carbocycles. The number of halogens is 1. The van der Waals surface area contributed by atoms with Crippen LogP contribution in [0.1, 0.15) is 32.8 Å². The first kappa shape index (κ1) is 15.9. The monoisotopic (exact) mass is 270 g/mol. The molecule has 0 fully saturated rings. The highest BCUT2D eigenvalue weighted by Crippen LogP contribution is 2.16. The summed E-state index contributed by atoms with van der Waals surface area (Å²) >= 11 is 0. The van der Waals surface area contributed by atoms with E-state index in [0.29, 0.717) is 25.6 Å². The van der Waals surface area contributed by atoms with Crippen LogP contribution >= 0.6 is 0 Å². The van der Waals surface area contributed by atoms with Gasteiger partial charge in [-0.3, -0.25) is 0 Å². The molecule has 0 atom stereocenters. The van der Waals surface area contributed by atoms with Gasteiger partial charge in [-0.1, -0.05) is 6.92 Å².